The summed E-state index contributed by atoms with van der Waals surface area (Å²) in [4.78, 5) is 10.2. The van der Waals surface area contributed by atoms with Crippen LogP contribution in [0.15, 0.2) is 61.1 Å². The molecule has 4 heterocycles. The second-order valence-corrected chi connectivity index (χ2v) is 7.68. The summed E-state index contributed by atoms with van der Waals surface area (Å²) in [6.07, 6.45) is 9.30. The number of rotatable bonds is 5. The van der Waals surface area contributed by atoms with Crippen molar-refractivity contribution in [3.8, 4) is 11.3 Å². The van der Waals surface area contributed by atoms with Gasteiger partial charge in [-0.3, -0.25) is 10.1 Å². The summed E-state index contributed by atoms with van der Waals surface area (Å²) >= 11 is 0. The summed E-state index contributed by atoms with van der Waals surface area (Å²) in [5, 5.41) is 9.12. The van der Waals surface area contributed by atoms with Gasteiger partial charge >= 0.3 is 0 Å². The van der Waals surface area contributed by atoms with Crippen molar-refractivity contribution >= 4 is 10.9 Å². The van der Waals surface area contributed by atoms with E-state index in [2.05, 4.69) is 67.7 Å². The van der Waals surface area contributed by atoms with Crippen LogP contribution in [-0.2, 0) is 6.42 Å². The van der Waals surface area contributed by atoms with E-state index in [1.165, 1.54) is 35.0 Å². The van der Waals surface area contributed by atoms with Crippen LogP contribution in [0, 0.1) is 0 Å². The van der Waals surface area contributed by atoms with Gasteiger partial charge in [-0.15, -0.1) is 0 Å². The second kappa shape index (κ2) is 7.60. The molecule has 1 aliphatic heterocycles. The molecule has 142 valence electrons. The van der Waals surface area contributed by atoms with E-state index >= 15 is 0 Å². The van der Waals surface area contributed by atoms with E-state index in [-0.39, 0.29) is 0 Å². The van der Waals surface area contributed by atoms with Gasteiger partial charge in [0.25, 0.3) is 0 Å². The van der Waals surface area contributed by atoms with Crippen LogP contribution < -0.4 is 0 Å². The number of fused-ring (bicyclic) bond motifs is 1. The van der Waals surface area contributed by atoms with Gasteiger partial charge in [0, 0.05) is 53.2 Å². The summed E-state index contributed by atoms with van der Waals surface area (Å²) in [7, 11) is 0. The van der Waals surface area contributed by atoms with E-state index in [1.54, 1.807) is 6.20 Å². The predicted molar refractivity (Wildman–Crippen MR) is 112 cm³/mol. The van der Waals surface area contributed by atoms with Crippen LogP contribution in [0.25, 0.3) is 22.2 Å². The zero-order valence-corrected chi connectivity index (χ0v) is 15.9. The van der Waals surface area contributed by atoms with Crippen LogP contribution in [0.3, 0.4) is 0 Å². The Balaban J connectivity index is 1.17. The number of aromatic amines is 2. The number of hydrogen-bond acceptors (Lipinski definition) is 3. The Morgan fingerprint density at radius 1 is 1.07 bits per heavy atom. The fraction of sp³-hybridized carbons (Fsp3) is 0.304. The highest BCUT2D eigenvalue weighted by Gasteiger charge is 2.22. The third-order valence-electron chi connectivity index (χ3n) is 5.95. The molecule has 0 spiro atoms. The van der Waals surface area contributed by atoms with Crippen LogP contribution in [0.4, 0.5) is 0 Å². The van der Waals surface area contributed by atoms with Crippen molar-refractivity contribution in [3.63, 3.8) is 0 Å². The first kappa shape index (κ1) is 17.2. The first-order chi connectivity index (χ1) is 13.9. The number of H-pyrrole nitrogens is 2. The Bertz CT molecular complexity index is 1040. The van der Waals surface area contributed by atoms with Crippen molar-refractivity contribution in [1.82, 2.24) is 25.1 Å². The minimum Gasteiger partial charge on any atom is -0.361 e. The predicted octanol–water partition coefficient (Wildman–Crippen LogP) is 4.38. The van der Waals surface area contributed by atoms with Crippen molar-refractivity contribution in [2.75, 3.05) is 19.6 Å². The number of piperidine rings is 1. The molecule has 0 bridgehead atoms. The van der Waals surface area contributed by atoms with Gasteiger partial charge in [-0.1, -0.05) is 18.2 Å². The first-order valence-electron chi connectivity index (χ1n) is 10.1. The smallest absolute Gasteiger partial charge is 0.0939 e. The molecule has 0 atom stereocenters. The molecule has 1 aliphatic rings. The molecular formula is C23H25N5. The lowest BCUT2D eigenvalue weighted by Crippen LogP contribution is -2.34. The molecule has 5 rings (SSSR count). The van der Waals surface area contributed by atoms with Crippen LogP contribution in [0.2, 0.25) is 0 Å². The van der Waals surface area contributed by atoms with Crippen LogP contribution in [-0.4, -0.2) is 44.7 Å². The number of nitrogens with one attached hydrogen (secondary N) is 2. The van der Waals surface area contributed by atoms with Gasteiger partial charge in [0.05, 0.1) is 5.69 Å². The molecule has 0 radical (unpaired) electrons. The van der Waals surface area contributed by atoms with Crippen molar-refractivity contribution < 1.29 is 0 Å². The van der Waals surface area contributed by atoms with Gasteiger partial charge in [-0.05, 0) is 62.2 Å². The lowest BCUT2D eigenvalue weighted by Gasteiger charge is -2.31. The average Bonchev–Trinajstić information content (AvgIpc) is 3.41. The maximum absolute atomic E-state index is 4.50. The van der Waals surface area contributed by atoms with Crippen LogP contribution in [0.5, 0.6) is 0 Å². The molecule has 1 saturated heterocycles. The van der Waals surface area contributed by atoms with E-state index in [0.29, 0.717) is 5.92 Å². The Labute approximate surface area is 164 Å². The lowest BCUT2D eigenvalue weighted by molar-refractivity contribution is 0.213. The standard InChI is InChI=1S/C23H25N5/c1-2-6-21-20(5-1)18(16-25-21)9-13-28-11-7-17(8-12-28)22-14-23(27-26-22)19-4-3-10-24-15-19/h1-6,10,14-17,25H,7-9,11-13H2,(H,26,27). The van der Waals surface area contributed by atoms with E-state index in [9.17, 15) is 0 Å². The molecule has 3 aromatic heterocycles. The lowest BCUT2D eigenvalue weighted by atomic mass is 9.93. The monoisotopic (exact) mass is 371 g/mol. The largest absolute Gasteiger partial charge is 0.361 e. The zero-order valence-electron chi connectivity index (χ0n) is 15.9. The molecule has 0 amide bonds. The van der Waals surface area contributed by atoms with Crippen LogP contribution >= 0.6 is 0 Å². The molecular weight excluding hydrogens is 346 g/mol. The van der Waals surface area contributed by atoms with E-state index in [1.807, 2.05) is 12.3 Å². The normalized spacial score (nSPS) is 16.0. The fourth-order valence-corrected chi connectivity index (χ4v) is 4.29. The Kier molecular flexibility index (Phi) is 4.67. The number of pyridine rings is 1. The third-order valence-corrected chi connectivity index (χ3v) is 5.95. The van der Waals surface area contributed by atoms with Gasteiger partial charge in [0.15, 0.2) is 0 Å². The highest BCUT2D eigenvalue weighted by molar-refractivity contribution is 5.83. The molecule has 0 unspecified atom stereocenters. The highest BCUT2D eigenvalue weighted by Crippen LogP contribution is 2.29. The van der Waals surface area contributed by atoms with Gasteiger partial charge in [0.2, 0.25) is 0 Å². The number of para-hydroxylation sites is 1. The zero-order chi connectivity index (χ0) is 18.8. The Hall–Kier alpha value is -2.92. The Morgan fingerprint density at radius 2 is 1.96 bits per heavy atom. The molecule has 28 heavy (non-hydrogen) atoms. The summed E-state index contributed by atoms with van der Waals surface area (Å²) in [5.41, 5.74) is 5.98. The fourth-order valence-electron chi connectivity index (χ4n) is 4.29. The van der Waals surface area contributed by atoms with Gasteiger partial charge < -0.3 is 9.88 Å². The summed E-state index contributed by atoms with van der Waals surface area (Å²) < 4.78 is 0. The van der Waals surface area contributed by atoms with Gasteiger partial charge in [-0.25, -0.2) is 0 Å². The van der Waals surface area contributed by atoms with Crippen molar-refractivity contribution in [1.29, 1.82) is 0 Å². The number of hydrogen-bond donors (Lipinski definition) is 2. The minimum atomic E-state index is 0.572. The summed E-state index contributed by atoms with van der Waals surface area (Å²) in [5.74, 6) is 0.572. The maximum Gasteiger partial charge on any atom is 0.0939 e. The number of aromatic nitrogens is 4. The van der Waals surface area contributed by atoms with Crippen molar-refractivity contribution in [2.45, 2.75) is 25.2 Å². The van der Waals surface area contributed by atoms with Crippen molar-refractivity contribution in [2.24, 2.45) is 0 Å². The molecule has 2 N–H and O–H groups in total. The van der Waals surface area contributed by atoms with Crippen LogP contribution in [0.1, 0.15) is 30.0 Å². The van der Waals surface area contributed by atoms with Gasteiger partial charge in [-0.2, -0.15) is 5.10 Å². The molecule has 4 aromatic rings. The van der Waals surface area contributed by atoms with E-state index in [4.69, 9.17) is 0 Å². The van der Waals surface area contributed by atoms with E-state index < -0.39 is 0 Å². The van der Waals surface area contributed by atoms with Gasteiger partial charge in [0.1, 0.15) is 0 Å². The van der Waals surface area contributed by atoms with Crippen molar-refractivity contribution in [3.05, 3.63) is 72.3 Å². The Morgan fingerprint density at radius 3 is 2.82 bits per heavy atom. The molecule has 1 fully saturated rings. The average molecular weight is 371 g/mol. The number of nitrogens with zero attached hydrogens (tertiary/aromatic N) is 3. The number of likely N-dealkylation sites (tertiary alicyclic amines) is 1. The summed E-state index contributed by atoms with van der Waals surface area (Å²) in [6.45, 7) is 3.42. The quantitative estimate of drug-likeness (QED) is 0.547. The third kappa shape index (κ3) is 3.45. The SMILES string of the molecule is c1cncc(-c2cc(C3CCN(CCc4c[nH]c5ccccc45)CC3)[nH]n2)c1. The molecule has 5 nitrogen and oxygen atoms in total. The second-order valence-electron chi connectivity index (χ2n) is 7.68. The molecule has 1 aromatic carbocycles. The topological polar surface area (TPSA) is 60.6 Å². The molecule has 5 heteroatoms. The van der Waals surface area contributed by atoms with E-state index in [0.717, 1.165) is 37.3 Å². The molecule has 0 saturated carbocycles. The summed E-state index contributed by atoms with van der Waals surface area (Å²) in [6, 6.07) is 14.8. The minimum absolute atomic E-state index is 0.572. The highest BCUT2D eigenvalue weighted by atomic mass is 15.1. The number of benzene rings is 1. The first-order valence-corrected chi connectivity index (χ1v) is 10.1. The molecule has 0 aliphatic carbocycles. The maximum atomic E-state index is 4.50.